The summed E-state index contributed by atoms with van der Waals surface area (Å²) in [7, 11) is 0. The quantitative estimate of drug-likeness (QED) is 0.656. The van der Waals surface area contributed by atoms with Crippen LogP contribution in [0.3, 0.4) is 0 Å². The topological polar surface area (TPSA) is 59.1 Å². The first-order valence-electron chi connectivity index (χ1n) is 3.04. The molecule has 4 heteroatoms. The van der Waals surface area contributed by atoms with Crippen molar-refractivity contribution in [1.82, 2.24) is 4.98 Å². The predicted octanol–water partition coefficient (Wildman–Crippen LogP) is 0.444. The summed E-state index contributed by atoms with van der Waals surface area (Å²) >= 11 is 1.52. The van der Waals surface area contributed by atoms with E-state index in [-0.39, 0.29) is 6.54 Å². The van der Waals surface area contributed by atoms with Gasteiger partial charge in [0.2, 0.25) is 0 Å². The van der Waals surface area contributed by atoms with Crippen LogP contribution in [0.2, 0.25) is 0 Å². The molecule has 1 atom stereocenters. The van der Waals surface area contributed by atoms with Crippen LogP contribution in [-0.2, 0) is 0 Å². The van der Waals surface area contributed by atoms with Crippen molar-refractivity contribution in [2.24, 2.45) is 5.73 Å². The van der Waals surface area contributed by atoms with Crippen molar-refractivity contribution in [2.45, 2.75) is 13.0 Å². The Labute approximate surface area is 63.5 Å². The van der Waals surface area contributed by atoms with E-state index in [0.717, 1.165) is 5.01 Å². The number of hydrogen-bond donors (Lipinski definition) is 2. The smallest absolute Gasteiger partial charge is 0.109 e. The normalized spacial score (nSPS) is 13.5. The molecule has 1 heterocycles. The van der Waals surface area contributed by atoms with Crippen molar-refractivity contribution in [1.29, 1.82) is 0 Å². The second-order valence-electron chi connectivity index (χ2n) is 2.04. The molecule has 1 aromatic heterocycles. The molecule has 0 unspecified atom stereocenters. The molecule has 0 spiro atoms. The minimum absolute atomic E-state index is 0.239. The summed E-state index contributed by atoms with van der Waals surface area (Å²) in [6.07, 6.45) is -0.593. The van der Waals surface area contributed by atoms with Gasteiger partial charge in [0.25, 0.3) is 0 Å². The number of aliphatic hydroxyl groups is 1. The number of nitrogens with zero attached hydrogens (tertiary/aromatic N) is 1. The van der Waals surface area contributed by atoms with Crippen LogP contribution < -0.4 is 5.73 Å². The van der Waals surface area contributed by atoms with Gasteiger partial charge < -0.3 is 10.8 Å². The summed E-state index contributed by atoms with van der Waals surface area (Å²) in [6.45, 7) is 2.14. The molecule has 0 radical (unpaired) electrons. The minimum Gasteiger partial charge on any atom is -0.385 e. The summed E-state index contributed by atoms with van der Waals surface area (Å²) in [6, 6.07) is 0. The second kappa shape index (κ2) is 3.09. The lowest BCUT2D eigenvalue weighted by molar-refractivity contribution is 0.182. The van der Waals surface area contributed by atoms with Crippen LogP contribution >= 0.6 is 11.3 Å². The summed E-state index contributed by atoms with van der Waals surface area (Å²) in [5.74, 6) is 0. The zero-order valence-electron chi connectivity index (χ0n) is 5.74. The van der Waals surface area contributed by atoms with Gasteiger partial charge in [0, 0.05) is 11.9 Å². The largest absolute Gasteiger partial charge is 0.385 e. The number of aromatic nitrogens is 1. The molecule has 0 aliphatic rings. The van der Waals surface area contributed by atoms with E-state index < -0.39 is 6.10 Å². The Morgan fingerprint density at radius 1 is 1.90 bits per heavy atom. The molecule has 0 amide bonds. The zero-order valence-corrected chi connectivity index (χ0v) is 6.56. The van der Waals surface area contributed by atoms with E-state index in [1.807, 2.05) is 12.3 Å². The van der Waals surface area contributed by atoms with E-state index in [2.05, 4.69) is 4.98 Å². The Kier molecular flexibility index (Phi) is 2.37. The molecule has 3 N–H and O–H groups in total. The van der Waals surface area contributed by atoms with Crippen LogP contribution in [0.25, 0.3) is 0 Å². The van der Waals surface area contributed by atoms with Crippen LogP contribution in [0.5, 0.6) is 0 Å². The minimum atomic E-state index is -0.593. The molecule has 0 aliphatic heterocycles. The molecule has 10 heavy (non-hydrogen) atoms. The van der Waals surface area contributed by atoms with Crippen molar-refractivity contribution in [3.8, 4) is 0 Å². The monoisotopic (exact) mass is 158 g/mol. The van der Waals surface area contributed by atoms with Crippen LogP contribution in [-0.4, -0.2) is 16.6 Å². The maximum atomic E-state index is 9.16. The molecule has 1 aromatic rings. The van der Waals surface area contributed by atoms with Crippen LogP contribution in [0.1, 0.15) is 16.8 Å². The highest BCUT2D eigenvalue weighted by atomic mass is 32.1. The molecule has 3 nitrogen and oxygen atoms in total. The number of hydrogen-bond acceptors (Lipinski definition) is 4. The third-order valence-electron chi connectivity index (χ3n) is 1.20. The highest BCUT2D eigenvalue weighted by molar-refractivity contribution is 7.09. The third-order valence-corrected chi connectivity index (χ3v) is 1.99. The fourth-order valence-electron chi connectivity index (χ4n) is 0.654. The molecule has 56 valence electrons. The number of rotatable bonds is 2. The Bertz CT molecular complexity index is 211. The van der Waals surface area contributed by atoms with Crippen molar-refractivity contribution in [2.75, 3.05) is 6.54 Å². The van der Waals surface area contributed by atoms with E-state index in [4.69, 9.17) is 10.8 Å². The molecule has 0 bridgehead atoms. The third kappa shape index (κ3) is 1.53. The maximum Gasteiger partial charge on any atom is 0.109 e. The summed E-state index contributed by atoms with van der Waals surface area (Å²) in [4.78, 5) is 4.07. The highest BCUT2D eigenvalue weighted by Gasteiger charge is 2.06. The maximum absolute atomic E-state index is 9.16. The van der Waals surface area contributed by atoms with Gasteiger partial charge in [-0.1, -0.05) is 0 Å². The van der Waals surface area contributed by atoms with Crippen LogP contribution in [0, 0.1) is 6.92 Å². The van der Waals surface area contributed by atoms with Crippen molar-refractivity contribution in [3.63, 3.8) is 0 Å². The van der Waals surface area contributed by atoms with Gasteiger partial charge in [-0.2, -0.15) is 0 Å². The van der Waals surface area contributed by atoms with Gasteiger partial charge in [0.15, 0.2) is 0 Å². The van der Waals surface area contributed by atoms with E-state index in [9.17, 15) is 0 Å². The summed E-state index contributed by atoms with van der Waals surface area (Å²) < 4.78 is 0. The number of nitrogens with two attached hydrogens (primary N) is 1. The summed E-state index contributed by atoms with van der Waals surface area (Å²) in [5.41, 5.74) is 5.91. The second-order valence-corrected chi connectivity index (χ2v) is 3.11. The van der Waals surface area contributed by atoms with Gasteiger partial charge in [-0.05, 0) is 6.92 Å². The molecule has 0 saturated carbocycles. The Balaban J connectivity index is 2.74. The summed E-state index contributed by atoms with van der Waals surface area (Å²) in [5, 5.41) is 11.9. The number of aliphatic hydroxyl groups excluding tert-OH is 1. The first-order valence-corrected chi connectivity index (χ1v) is 3.92. The SMILES string of the molecule is Cc1nc([C@@H](O)CN)cs1. The molecule has 0 fully saturated rings. The lowest BCUT2D eigenvalue weighted by Crippen LogP contribution is -2.11. The average molecular weight is 158 g/mol. The standard InChI is InChI=1S/C6H10N2OS/c1-4-8-5(3-10-4)6(9)2-7/h3,6,9H,2,7H2,1H3/t6-/m0/s1. The van der Waals surface area contributed by atoms with Gasteiger partial charge >= 0.3 is 0 Å². The number of thiazole rings is 1. The first kappa shape index (κ1) is 7.65. The Morgan fingerprint density at radius 3 is 3.00 bits per heavy atom. The van der Waals surface area contributed by atoms with Gasteiger partial charge in [-0.15, -0.1) is 11.3 Å². The highest BCUT2D eigenvalue weighted by Crippen LogP contribution is 2.14. The molecule has 0 saturated heterocycles. The lowest BCUT2D eigenvalue weighted by atomic mass is 10.3. The van der Waals surface area contributed by atoms with E-state index in [0.29, 0.717) is 5.69 Å². The predicted molar refractivity (Wildman–Crippen MR) is 40.9 cm³/mol. The van der Waals surface area contributed by atoms with Crippen molar-refractivity contribution in [3.05, 3.63) is 16.1 Å². The van der Waals surface area contributed by atoms with E-state index in [1.165, 1.54) is 11.3 Å². The molecule has 0 aliphatic carbocycles. The first-order chi connectivity index (χ1) is 4.74. The van der Waals surface area contributed by atoms with Crippen molar-refractivity contribution >= 4 is 11.3 Å². The number of aryl methyl sites for hydroxylation is 1. The van der Waals surface area contributed by atoms with E-state index >= 15 is 0 Å². The lowest BCUT2D eigenvalue weighted by Gasteiger charge is -2.00. The fourth-order valence-corrected chi connectivity index (χ4v) is 1.31. The van der Waals surface area contributed by atoms with Crippen LogP contribution in [0.15, 0.2) is 5.38 Å². The van der Waals surface area contributed by atoms with Gasteiger partial charge in [0.1, 0.15) is 6.10 Å². The Morgan fingerprint density at radius 2 is 2.60 bits per heavy atom. The van der Waals surface area contributed by atoms with Gasteiger partial charge in [-0.3, -0.25) is 0 Å². The fraction of sp³-hybridized carbons (Fsp3) is 0.500. The zero-order chi connectivity index (χ0) is 7.56. The van der Waals surface area contributed by atoms with E-state index in [1.54, 1.807) is 0 Å². The molecule has 0 aromatic carbocycles. The Hall–Kier alpha value is -0.450. The van der Waals surface area contributed by atoms with Gasteiger partial charge in [0.05, 0.1) is 10.7 Å². The molecular formula is C6H10N2OS. The van der Waals surface area contributed by atoms with Crippen molar-refractivity contribution < 1.29 is 5.11 Å². The van der Waals surface area contributed by atoms with Crippen LogP contribution in [0.4, 0.5) is 0 Å². The van der Waals surface area contributed by atoms with Gasteiger partial charge in [-0.25, -0.2) is 4.98 Å². The average Bonchev–Trinajstić information content (AvgIpc) is 2.34. The molecular weight excluding hydrogens is 148 g/mol. The molecule has 1 rings (SSSR count).